The minimum atomic E-state index is -0.738. The molecule has 4 N–H and O–H groups in total. The Labute approximate surface area is 125 Å². The van der Waals surface area contributed by atoms with Crippen LogP contribution in [0.2, 0.25) is 0 Å². The average molecular weight is 293 g/mol. The molecule has 0 saturated carbocycles. The first-order valence-corrected chi connectivity index (χ1v) is 6.95. The molecule has 2 amide bonds. The minimum absolute atomic E-state index is 0.280. The van der Waals surface area contributed by atoms with E-state index in [9.17, 15) is 9.59 Å². The second-order valence-corrected chi connectivity index (χ2v) is 4.76. The van der Waals surface area contributed by atoms with Crippen LogP contribution in [0.1, 0.15) is 19.4 Å². The summed E-state index contributed by atoms with van der Waals surface area (Å²) in [6, 6.07) is 8.90. The van der Waals surface area contributed by atoms with Gasteiger partial charge in [-0.3, -0.25) is 9.59 Å². The Morgan fingerprint density at radius 3 is 2.52 bits per heavy atom. The molecule has 0 aliphatic heterocycles. The summed E-state index contributed by atoms with van der Waals surface area (Å²) >= 11 is 0. The number of amides is 2. The molecule has 116 valence electrons. The molecule has 21 heavy (non-hydrogen) atoms. The van der Waals surface area contributed by atoms with Gasteiger partial charge in [0.1, 0.15) is 6.04 Å². The van der Waals surface area contributed by atoms with Gasteiger partial charge in [0.25, 0.3) is 0 Å². The fourth-order valence-corrected chi connectivity index (χ4v) is 1.82. The summed E-state index contributed by atoms with van der Waals surface area (Å²) in [6.07, 6.45) is -0.452. The first-order chi connectivity index (χ1) is 10.0. The highest BCUT2D eigenvalue weighted by atomic mass is 16.5. The summed E-state index contributed by atoms with van der Waals surface area (Å²) in [7, 11) is 0. The number of hydrogen-bond donors (Lipinski definition) is 3. The third kappa shape index (κ3) is 6.37. The van der Waals surface area contributed by atoms with Crippen molar-refractivity contribution < 1.29 is 14.3 Å². The molecule has 0 aliphatic carbocycles. The van der Waals surface area contributed by atoms with Gasteiger partial charge >= 0.3 is 0 Å². The number of nitrogens with one attached hydrogen (secondary N) is 2. The van der Waals surface area contributed by atoms with E-state index < -0.39 is 12.1 Å². The van der Waals surface area contributed by atoms with Crippen LogP contribution < -0.4 is 16.4 Å². The van der Waals surface area contributed by atoms with Crippen LogP contribution in [0.4, 0.5) is 0 Å². The van der Waals surface area contributed by atoms with Crippen molar-refractivity contribution in [3.63, 3.8) is 0 Å². The number of ether oxygens (including phenoxy) is 1. The van der Waals surface area contributed by atoms with Gasteiger partial charge in [0.2, 0.25) is 11.8 Å². The van der Waals surface area contributed by atoms with Crippen LogP contribution >= 0.6 is 0 Å². The van der Waals surface area contributed by atoms with Gasteiger partial charge in [-0.2, -0.15) is 0 Å². The highest BCUT2D eigenvalue weighted by Crippen LogP contribution is 2.06. The zero-order valence-corrected chi connectivity index (χ0v) is 12.5. The van der Waals surface area contributed by atoms with Gasteiger partial charge in [-0.05, 0) is 12.5 Å². The normalized spacial score (nSPS) is 13.3. The predicted molar refractivity (Wildman–Crippen MR) is 80.4 cm³/mol. The maximum absolute atomic E-state index is 12.0. The molecule has 6 nitrogen and oxygen atoms in total. The van der Waals surface area contributed by atoms with Crippen molar-refractivity contribution in [3.8, 4) is 0 Å². The third-order valence-corrected chi connectivity index (χ3v) is 2.91. The van der Waals surface area contributed by atoms with E-state index in [-0.39, 0.29) is 11.8 Å². The molecule has 0 fully saturated rings. The van der Waals surface area contributed by atoms with Crippen molar-refractivity contribution in [2.75, 3.05) is 13.1 Å². The molecule has 1 aromatic rings. The Hall–Kier alpha value is -1.92. The number of nitrogens with two attached hydrogens (primary N) is 1. The van der Waals surface area contributed by atoms with E-state index in [2.05, 4.69) is 10.6 Å². The van der Waals surface area contributed by atoms with Crippen molar-refractivity contribution >= 4 is 11.8 Å². The largest absolute Gasteiger partial charge is 0.371 e. The van der Waals surface area contributed by atoms with Crippen molar-refractivity contribution in [1.29, 1.82) is 0 Å². The molecule has 1 rings (SSSR count). The molecule has 0 aliphatic rings. The van der Waals surface area contributed by atoms with Crippen molar-refractivity contribution in [2.45, 2.75) is 32.6 Å². The van der Waals surface area contributed by atoms with Crippen molar-refractivity contribution in [1.82, 2.24) is 10.6 Å². The zero-order valence-electron chi connectivity index (χ0n) is 12.5. The Balaban J connectivity index is 2.59. The van der Waals surface area contributed by atoms with E-state index in [4.69, 9.17) is 10.5 Å². The van der Waals surface area contributed by atoms with Crippen LogP contribution in [0, 0.1) is 0 Å². The lowest BCUT2D eigenvalue weighted by atomic mass is 10.1. The van der Waals surface area contributed by atoms with E-state index in [1.54, 1.807) is 6.92 Å². The monoisotopic (exact) mass is 293 g/mol. The number of hydrogen-bond acceptors (Lipinski definition) is 4. The van der Waals surface area contributed by atoms with Gasteiger partial charge in [-0.25, -0.2) is 0 Å². The molecule has 0 aromatic heterocycles. The molecule has 0 spiro atoms. The molecule has 0 heterocycles. The fraction of sp³-hybridized carbons (Fsp3) is 0.467. The highest BCUT2D eigenvalue weighted by molar-refractivity contribution is 5.87. The number of carbonyl (C=O) groups excluding carboxylic acids is 2. The summed E-state index contributed by atoms with van der Waals surface area (Å²) < 4.78 is 5.69. The number of carbonyl (C=O) groups is 2. The Kier molecular flexibility index (Phi) is 7.42. The molecule has 2 unspecified atom stereocenters. The molecule has 0 saturated heterocycles. The van der Waals surface area contributed by atoms with Gasteiger partial charge < -0.3 is 21.1 Å². The third-order valence-electron chi connectivity index (χ3n) is 2.91. The first kappa shape index (κ1) is 17.1. The number of benzene rings is 1. The standard InChI is InChI=1S/C15H23N3O3/c1-11(21-10-13-6-4-3-5-7-13)14(18-12(2)19)15(20)17-9-8-16/h3-7,11,14H,8-10,16H2,1-2H3,(H,17,20)(H,18,19). The minimum Gasteiger partial charge on any atom is -0.371 e. The highest BCUT2D eigenvalue weighted by Gasteiger charge is 2.26. The second-order valence-electron chi connectivity index (χ2n) is 4.76. The zero-order chi connectivity index (χ0) is 15.7. The molecule has 0 radical (unpaired) electrons. The SMILES string of the molecule is CC(=O)NC(C(=O)NCCN)C(C)OCc1ccccc1. The summed E-state index contributed by atoms with van der Waals surface area (Å²) in [4.78, 5) is 23.3. The number of rotatable bonds is 8. The maximum Gasteiger partial charge on any atom is 0.245 e. The Morgan fingerprint density at radius 2 is 1.95 bits per heavy atom. The van der Waals surface area contributed by atoms with Gasteiger partial charge in [-0.15, -0.1) is 0 Å². The predicted octanol–water partition coefficient (Wildman–Crippen LogP) is 0.171. The molecule has 2 atom stereocenters. The average Bonchev–Trinajstić information content (AvgIpc) is 2.48. The van der Waals surface area contributed by atoms with E-state index in [0.29, 0.717) is 19.7 Å². The lowest BCUT2D eigenvalue weighted by Gasteiger charge is -2.24. The molecular weight excluding hydrogens is 270 g/mol. The summed E-state index contributed by atoms with van der Waals surface area (Å²) in [5, 5.41) is 5.27. The molecule has 1 aromatic carbocycles. The fourth-order valence-electron chi connectivity index (χ4n) is 1.82. The summed E-state index contributed by atoms with van der Waals surface area (Å²) in [5.74, 6) is -0.575. The Bertz CT molecular complexity index is 451. The summed E-state index contributed by atoms with van der Waals surface area (Å²) in [6.45, 7) is 4.21. The van der Waals surface area contributed by atoms with E-state index >= 15 is 0 Å². The molecule has 6 heteroatoms. The van der Waals surface area contributed by atoms with Crippen LogP contribution in [-0.2, 0) is 20.9 Å². The van der Waals surface area contributed by atoms with Crippen LogP contribution in [0.3, 0.4) is 0 Å². The van der Waals surface area contributed by atoms with Gasteiger partial charge in [0.15, 0.2) is 0 Å². The van der Waals surface area contributed by atoms with Crippen LogP contribution in [-0.4, -0.2) is 37.0 Å². The van der Waals surface area contributed by atoms with E-state index in [0.717, 1.165) is 5.56 Å². The van der Waals surface area contributed by atoms with Crippen LogP contribution in [0.5, 0.6) is 0 Å². The van der Waals surface area contributed by atoms with E-state index in [1.165, 1.54) is 6.92 Å². The van der Waals surface area contributed by atoms with Crippen LogP contribution in [0.25, 0.3) is 0 Å². The van der Waals surface area contributed by atoms with Crippen molar-refractivity contribution in [2.24, 2.45) is 5.73 Å². The molecule has 0 bridgehead atoms. The van der Waals surface area contributed by atoms with Gasteiger partial charge in [0.05, 0.1) is 12.7 Å². The first-order valence-electron chi connectivity index (χ1n) is 6.95. The maximum atomic E-state index is 12.0. The second kappa shape index (κ2) is 9.10. The molecular formula is C15H23N3O3. The van der Waals surface area contributed by atoms with Crippen LogP contribution in [0.15, 0.2) is 30.3 Å². The smallest absolute Gasteiger partial charge is 0.245 e. The van der Waals surface area contributed by atoms with Crippen molar-refractivity contribution in [3.05, 3.63) is 35.9 Å². The van der Waals surface area contributed by atoms with Gasteiger partial charge in [0, 0.05) is 20.0 Å². The summed E-state index contributed by atoms with van der Waals surface area (Å²) in [5.41, 5.74) is 6.36. The topological polar surface area (TPSA) is 93.5 Å². The van der Waals surface area contributed by atoms with Gasteiger partial charge in [-0.1, -0.05) is 30.3 Å². The lowest BCUT2D eigenvalue weighted by Crippen LogP contribution is -2.53. The Morgan fingerprint density at radius 1 is 1.29 bits per heavy atom. The quantitative estimate of drug-likeness (QED) is 0.637. The lowest BCUT2D eigenvalue weighted by molar-refractivity contribution is -0.132. The van der Waals surface area contributed by atoms with E-state index in [1.807, 2.05) is 30.3 Å².